The van der Waals surface area contributed by atoms with Crippen molar-refractivity contribution in [2.75, 3.05) is 5.32 Å². The molecule has 11 nitrogen and oxygen atoms in total. The van der Waals surface area contributed by atoms with Crippen molar-refractivity contribution in [2.45, 2.75) is 35.8 Å². The molecule has 1 aliphatic rings. The number of sulfonamides is 2. The maximum absolute atomic E-state index is 12.4. The molecule has 1 aliphatic heterocycles. The Morgan fingerprint density at radius 3 is 2.34 bits per heavy atom. The molecule has 2 aromatic carbocycles. The molecule has 0 fully saturated rings. The van der Waals surface area contributed by atoms with Crippen LogP contribution in [0.1, 0.15) is 19.4 Å². The molecule has 0 saturated carbocycles. The van der Waals surface area contributed by atoms with E-state index in [9.17, 15) is 26.4 Å². The molecule has 3 rings (SSSR count). The number of nitrogens with zero attached hydrogens (tertiary/aromatic N) is 1. The van der Waals surface area contributed by atoms with Crippen LogP contribution in [0.3, 0.4) is 0 Å². The van der Waals surface area contributed by atoms with Crippen LogP contribution in [0.15, 0.2) is 63.3 Å². The van der Waals surface area contributed by atoms with Crippen LogP contribution in [0, 0.1) is 0 Å². The van der Waals surface area contributed by atoms with Crippen molar-refractivity contribution in [3.05, 3.63) is 54.1 Å². The summed E-state index contributed by atoms with van der Waals surface area (Å²) in [6, 6.07) is 10.2. The van der Waals surface area contributed by atoms with E-state index in [4.69, 9.17) is 9.88 Å². The Hall–Kier alpha value is -3.29. The van der Waals surface area contributed by atoms with E-state index in [0.29, 0.717) is 5.56 Å². The number of amidine groups is 1. The molecule has 1 heterocycles. The van der Waals surface area contributed by atoms with Gasteiger partial charge in [0.05, 0.1) is 9.79 Å². The van der Waals surface area contributed by atoms with E-state index in [1.54, 1.807) is 18.2 Å². The second kappa shape index (κ2) is 8.68. The van der Waals surface area contributed by atoms with Crippen LogP contribution in [-0.4, -0.2) is 46.7 Å². The smallest absolute Gasteiger partial charge is 0.331 e. The number of nitrogens with one attached hydrogen (secondary N) is 2. The molecular weight excluding hydrogens is 460 g/mol. The fourth-order valence-electron chi connectivity index (χ4n) is 2.77. The van der Waals surface area contributed by atoms with Gasteiger partial charge in [0, 0.05) is 11.3 Å². The molecule has 2 atom stereocenters. The van der Waals surface area contributed by atoms with Gasteiger partial charge in [0.2, 0.25) is 10.0 Å². The number of benzene rings is 2. The van der Waals surface area contributed by atoms with Crippen LogP contribution in [0.4, 0.5) is 5.69 Å². The van der Waals surface area contributed by atoms with Gasteiger partial charge in [-0.25, -0.2) is 26.8 Å². The van der Waals surface area contributed by atoms with Crippen molar-refractivity contribution in [1.82, 2.24) is 4.72 Å². The number of rotatable bonds is 6. The summed E-state index contributed by atoms with van der Waals surface area (Å²) in [4.78, 5) is 28.7. The Morgan fingerprint density at radius 1 is 1.09 bits per heavy atom. The molecule has 0 bridgehead atoms. The van der Waals surface area contributed by atoms with E-state index >= 15 is 0 Å². The number of esters is 1. The van der Waals surface area contributed by atoms with E-state index in [1.807, 2.05) is 0 Å². The van der Waals surface area contributed by atoms with E-state index in [-0.39, 0.29) is 21.3 Å². The summed E-state index contributed by atoms with van der Waals surface area (Å²) in [5.74, 6) is -1.49. The summed E-state index contributed by atoms with van der Waals surface area (Å²) < 4.78 is 54.2. The first kappa shape index (κ1) is 23.4. The molecule has 1 amide bonds. The van der Waals surface area contributed by atoms with Crippen LogP contribution >= 0.6 is 0 Å². The summed E-state index contributed by atoms with van der Waals surface area (Å²) in [6.45, 7) is 2.75. The van der Waals surface area contributed by atoms with E-state index in [2.05, 4.69) is 15.0 Å². The van der Waals surface area contributed by atoms with E-state index in [0.717, 1.165) is 0 Å². The molecule has 0 saturated heterocycles. The number of nitrogens with two attached hydrogens (primary N) is 1. The second-order valence-corrected chi connectivity index (χ2v) is 10.1. The van der Waals surface area contributed by atoms with Crippen molar-refractivity contribution in [3.63, 3.8) is 0 Å². The van der Waals surface area contributed by atoms with Gasteiger partial charge in [0.15, 0.2) is 6.10 Å². The normalized spacial score (nSPS) is 17.7. The highest BCUT2D eigenvalue weighted by Gasteiger charge is 2.31. The van der Waals surface area contributed by atoms with Crippen LogP contribution in [-0.2, 0) is 34.4 Å². The minimum absolute atomic E-state index is 0.0112. The Bertz CT molecular complexity index is 1300. The molecule has 170 valence electrons. The van der Waals surface area contributed by atoms with Crippen molar-refractivity contribution in [2.24, 2.45) is 10.1 Å². The number of ether oxygens (including phenoxy) is 1. The maximum Gasteiger partial charge on any atom is 0.331 e. The maximum atomic E-state index is 12.4. The topological polar surface area (TPSA) is 174 Å². The van der Waals surface area contributed by atoms with Gasteiger partial charge in [-0.3, -0.25) is 14.5 Å². The SMILES string of the molecule is CC(N=C1NS(=O)(=O)c2ccccc21)C(=O)OC(C)C(=O)Nc1ccc(S(N)(=O)=O)cc1. The van der Waals surface area contributed by atoms with E-state index in [1.165, 1.54) is 44.2 Å². The summed E-state index contributed by atoms with van der Waals surface area (Å²) in [5, 5.41) is 7.50. The summed E-state index contributed by atoms with van der Waals surface area (Å²) in [6.07, 6.45) is -1.20. The third kappa shape index (κ3) is 5.12. The Morgan fingerprint density at radius 2 is 1.72 bits per heavy atom. The number of fused-ring (bicyclic) bond motifs is 1. The predicted molar refractivity (Wildman–Crippen MR) is 115 cm³/mol. The highest BCUT2D eigenvalue weighted by molar-refractivity contribution is 7.90. The Kier molecular flexibility index (Phi) is 6.34. The first-order chi connectivity index (χ1) is 14.9. The molecule has 0 spiro atoms. The summed E-state index contributed by atoms with van der Waals surface area (Å²) in [7, 11) is -7.62. The number of primary sulfonamides is 1. The molecule has 0 aromatic heterocycles. The van der Waals surface area contributed by atoms with Gasteiger partial charge in [-0.05, 0) is 50.2 Å². The lowest BCUT2D eigenvalue weighted by atomic mass is 10.2. The Balaban J connectivity index is 1.64. The minimum atomic E-state index is -3.86. The quantitative estimate of drug-likeness (QED) is 0.499. The third-order valence-electron chi connectivity index (χ3n) is 4.44. The molecule has 32 heavy (non-hydrogen) atoms. The number of hydrogen-bond donors (Lipinski definition) is 3. The highest BCUT2D eigenvalue weighted by Crippen LogP contribution is 2.22. The van der Waals surface area contributed by atoms with Gasteiger partial charge < -0.3 is 10.1 Å². The van der Waals surface area contributed by atoms with Crippen molar-refractivity contribution >= 4 is 43.4 Å². The second-order valence-electron chi connectivity index (χ2n) is 6.89. The zero-order chi connectivity index (χ0) is 23.7. The van der Waals surface area contributed by atoms with Gasteiger partial charge in [-0.15, -0.1) is 0 Å². The van der Waals surface area contributed by atoms with Crippen molar-refractivity contribution in [3.8, 4) is 0 Å². The fourth-order valence-corrected chi connectivity index (χ4v) is 4.53. The number of amides is 1. The molecular formula is C19H20N4O7S2. The van der Waals surface area contributed by atoms with Gasteiger partial charge in [0.1, 0.15) is 11.9 Å². The van der Waals surface area contributed by atoms with E-state index < -0.39 is 44.1 Å². The first-order valence-corrected chi connectivity index (χ1v) is 12.3. The highest BCUT2D eigenvalue weighted by atomic mass is 32.2. The lowest BCUT2D eigenvalue weighted by Gasteiger charge is -2.15. The summed E-state index contributed by atoms with van der Waals surface area (Å²) >= 11 is 0. The average molecular weight is 481 g/mol. The largest absolute Gasteiger partial charge is 0.451 e. The average Bonchev–Trinajstić information content (AvgIpc) is 2.97. The van der Waals surface area contributed by atoms with Gasteiger partial charge in [-0.1, -0.05) is 12.1 Å². The minimum Gasteiger partial charge on any atom is -0.451 e. The van der Waals surface area contributed by atoms with Crippen LogP contribution in [0.5, 0.6) is 0 Å². The van der Waals surface area contributed by atoms with Crippen LogP contribution in [0.25, 0.3) is 0 Å². The lowest BCUT2D eigenvalue weighted by Crippen LogP contribution is -2.33. The fraction of sp³-hybridized carbons (Fsp3) is 0.211. The van der Waals surface area contributed by atoms with Gasteiger partial charge >= 0.3 is 5.97 Å². The standard InChI is InChI=1S/C19H20N4O7S2/c1-11(21-17-15-5-3-4-6-16(15)32(28,29)23-17)19(25)30-12(2)18(24)22-13-7-9-14(10-8-13)31(20,26)27/h3-12H,1-2H3,(H,21,23)(H,22,24)(H2,20,26,27). The number of hydrogen-bond acceptors (Lipinski definition) is 8. The molecule has 13 heteroatoms. The lowest BCUT2D eigenvalue weighted by molar-refractivity contribution is -0.153. The van der Waals surface area contributed by atoms with Crippen molar-refractivity contribution < 1.29 is 31.2 Å². The van der Waals surface area contributed by atoms with Gasteiger partial charge in [0.25, 0.3) is 15.9 Å². The number of aliphatic imine (C=N–C) groups is 1. The third-order valence-corrected chi connectivity index (χ3v) is 6.77. The zero-order valence-corrected chi connectivity index (χ0v) is 18.6. The molecule has 0 aliphatic carbocycles. The number of carbonyl (C=O) groups excluding carboxylic acids is 2. The van der Waals surface area contributed by atoms with Crippen LogP contribution in [0.2, 0.25) is 0 Å². The summed E-state index contributed by atoms with van der Waals surface area (Å²) in [5.41, 5.74) is 0.608. The molecule has 4 N–H and O–H groups in total. The van der Waals surface area contributed by atoms with Gasteiger partial charge in [-0.2, -0.15) is 0 Å². The number of carbonyl (C=O) groups is 2. The molecule has 2 unspecified atom stereocenters. The predicted octanol–water partition coefficient (Wildman–Crippen LogP) is 0.331. The van der Waals surface area contributed by atoms with Crippen molar-refractivity contribution in [1.29, 1.82) is 0 Å². The van der Waals surface area contributed by atoms with Crippen LogP contribution < -0.4 is 15.2 Å². The zero-order valence-electron chi connectivity index (χ0n) is 17.0. The monoisotopic (exact) mass is 480 g/mol. The number of anilines is 1. The first-order valence-electron chi connectivity index (χ1n) is 9.23. The molecule has 0 radical (unpaired) electrons. The molecule has 2 aromatic rings. The Labute approximate surface area is 184 Å².